The Labute approximate surface area is 147 Å². The molecule has 1 aliphatic heterocycles. The number of aromatic amines is 1. The summed E-state index contributed by atoms with van der Waals surface area (Å²) >= 11 is 0. The zero-order chi connectivity index (χ0) is 17.6. The number of nitrogens with one attached hydrogen (secondary N) is 2. The maximum atomic E-state index is 12.6. The molecule has 3 rings (SSSR count). The van der Waals surface area contributed by atoms with Crippen LogP contribution in [0.25, 0.3) is 0 Å². The average molecular weight is 341 g/mol. The number of rotatable bonds is 6. The molecule has 1 saturated heterocycles. The highest BCUT2D eigenvalue weighted by Crippen LogP contribution is 2.16. The second-order valence-corrected chi connectivity index (χ2v) is 6.21. The highest BCUT2D eigenvalue weighted by Gasteiger charge is 2.21. The number of hydrogen-bond donors (Lipinski definition) is 2. The van der Waals surface area contributed by atoms with Gasteiger partial charge in [0, 0.05) is 31.4 Å². The first-order chi connectivity index (χ1) is 12.1. The lowest BCUT2D eigenvalue weighted by Gasteiger charge is -2.31. The van der Waals surface area contributed by atoms with E-state index in [1.165, 1.54) is 6.92 Å². The average Bonchev–Trinajstić information content (AvgIpc) is 3.13. The Bertz CT molecular complexity index is 721. The number of H-pyrrole nitrogens is 1. The summed E-state index contributed by atoms with van der Waals surface area (Å²) in [5.41, 5.74) is 1.96. The predicted octanol–water partition coefficient (Wildman–Crippen LogP) is 2.02. The van der Waals surface area contributed by atoms with Gasteiger partial charge in [0.2, 0.25) is 0 Å². The zero-order valence-electron chi connectivity index (χ0n) is 14.3. The van der Waals surface area contributed by atoms with Crippen molar-refractivity contribution in [3.05, 3.63) is 59.4 Å². The third-order valence-corrected chi connectivity index (χ3v) is 4.39. The fourth-order valence-electron chi connectivity index (χ4n) is 2.93. The van der Waals surface area contributed by atoms with Gasteiger partial charge in [0.15, 0.2) is 5.78 Å². The van der Waals surface area contributed by atoms with Crippen molar-refractivity contribution in [2.24, 2.45) is 0 Å². The highest BCUT2D eigenvalue weighted by molar-refractivity contribution is 5.99. The van der Waals surface area contributed by atoms with E-state index in [-0.39, 0.29) is 17.7 Å². The van der Waals surface area contributed by atoms with Gasteiger partial charge in [0.1, 0.15) is 5.69 Å². The number of morpholine rings is 1. The van der Waals surface area contributed by atoms with Crippen molar-refractivity contribution < 1.29 is 14.3 Å². The van der Waals surface area contributed by atoms with Crippen molar-refractivity contribution >= 4 is 11.7 Å². The number of hydrogen-bond acceptors (Lipinski definition) is 4. The van der Waals surface area contributed by atoms with Crippen LogP contribution < -0.4 is 5.32 Å². The number of nitrogens with zero attached hydrogens (tertiary/aromatic N) is 1. The summed E-state index contributed by atoms with van der Waals surface area (Å²) in [6, 6.07) is 11.4. The predicted molar refractivity (Wildman–Crippen MR) is 94.7 cm³/mol. The molecular formula is C19H23N3O3. The number of carbonyl (C=O) groups is 2. The molecule has 0 spiro atoms. The molecule has 0 saturated carbocycles. The molecule has 0 radical (unpaired) electrons. The van der Waals surface area contributed by atoms with Gasteiger partial charge in [0.05, 0.1) is 19.3 Å². The van der Waals surface area contributed by atoms with Crippen LogP contribution >= 0.6 is 0 Å². The fraction of sp³-hybridized carbons (Fsp3) is 0.368. The first-order valence-electron chi connectivity index (χ1n) is 8.49. The van der Waals surface area contributed by atoms with Gasteiger partial charge in [-0.1, -0.05) is 30.3 Å². The molecule has 1 fully saturated rings. The third kappa shape index (κ3) is 4.55. The highest BCUT2D eigenvalue weighted by atomic mass is 16.5. The summed E-state index contributed by atoms with van der Waals surface area (Å²) in [6.07, 6.45) is 1.57. The first kappa shape index (κ1) is 17.4. The molecule has 25 heavy (non-hydrogen) atoms. The Morgan fingerprint density at radius 2 is 1.96 bits per heavy atom. The molecule has 0 aliphatic carbocycles. The summed E-state index contributed by atoms with van der Waals surface area (Å²) in [6.45, 7) is 5.35. The third-order valence-electron chi connectivity index (χ3n) is 4.39. The summed E-state index contributed by atoms with van der Waals surface area (Å²) < 4.78 is 5.40. The van der Waals surface area contributed by atoms with Crippen molar-refractivity contribution in [2.45, 2.75) is 13.0 Å². The van der Waals surface area contributed by atoms with Gasteiger partial charge in [-0.25, -0.2) is 0 Å². The molecule has 2 heterocycles. The number of benzene rings is 1. The number of ether oxygens (including phenoxy) is 1. The smallest absolute Gasteiger partial charge is 0.268 e. The largest absolute Gasteiger partial charge is 0.379 e. The van der Waals surface area contributed by atoms with Crippen LogP contribution in [-0.2, 0) is 4.74 Å². The molecule has 1 amide bonds. The summed E-state index contributed by atoms with van der Waals surface area (Å²) in [4.78, 5) is 29.2. The van der Waals surface area contributed by atoms with Crippen LogP contribution in [0.15, 0.2) is 42.6 Å². The Balaban J connectivity index is 1.73. The van der Waals surface area contributed by atoms with Crippen LogP contribution in [0.4, 0.5) is 0 Å². The number of aromatic nitrogens is 1. The number of carbonyl (C=O) groups excluding carboxylic acids is 2. The molecule has 2 aromatic rings. The van der Waals surface area contributed by atoms with Crippen LogP contribution in [0.3, 0.4) is 0 Å². The Hall–Kier alpha value is -2.44. The van der Waals surface area contributed by atoms with Crippen molar-refractivity contribution in [3.8, 4) is 0 Å². The maximum Gasteiger partial charge on any atom is 0.268 e. The maximum absolute atomic E-state index is 12.6. The second-order valence-electron chi connectivity index (χ2n) is 6.21. The van der Waals surface area contributed by atoms with Crippen LogP contribution in [-0.4, -0.2) is 54.4 Å². The van der Waals surface area contributed by atoms with E-state index >= 15 is 0 Å². The van der Waals surface area contributed by atoms with E-state index in [4.69, 9.17) is 4.74 Å². The lowest BCUT2D eigenvalue weighted by molar-refractivity contribution is 0.0332. The zero-order valence-corrected chi connectivity index (χ0v) is 14.3. The molecule has 132 valence electrons. The molecule has 6 heteroatoms. The molecule has 1 aromatic heterocycles. The lowest BCUT2D eigenvalue weighted by atomic mass is 10.1. The molecule has 0 bridgehead atoms. The van der Waals surface area contributed by atoms with E-state index < -0.39 is 0 Å². The minimum absolute atomic E-state index is 0.0665. The van der Waals surface area contributed by atoms with Gasteiger partial charge < -0.3 is 15.0 Å². The van der Waals surface area contributed by atoms with Crippen molar-refractivity contribution in [1.29, 1.82) is 0 Å². The molecule has 2 N–H and O–H groups in total. The summed E-state index contributed by atoms with van der Waals surface area (Å²) in [5, 5.41) is 3.09. The van der Waals surface area contributed by atoms with Crippen LogP contribution in [0.2, 0.25) is 0 Å². The minimum Gasteiger partial charge on any atom is -0.379 e. The molecule has 0 unspecified atom stereocenters. The summed E-state index contributed by atoms with van der Waals surface area (Å²) in [5.74, 6) is -0.280. The van der Waals surface area contributed by atoms with Gasteiger partial charge in [-0.3, -0.25) is 14.5 Å². The molecule has 6 nitrogen and oxygen atoms in total. The molecule has 1 aromatic carbocycles. The number of ketones is 1. The molecule has 1 aliphatic rings. The van der Waals surface area contributed by atoms with E-state index in [0.717, 1.165) is 25.2 Å². The van der Waals surface area contributed by atoms with Crippen LogP contribution in [0.1, 0.15) is 39.4 Å². The first-order valence-corrected chi connectivity index (χ1v) is 8.49. The standard InChI is InChI=1S/C19H23N3O3/c1-14(23)16-11-17(20-12-16)19(24)21-18(15-5-3-2-4-6-15)13-22-7-9-25-10-8-22/h2-6,11-12,18,20H,7-10,13H2,1H3,(H,21,24)/t18-/m0/s1. The van der Waals surface area contributed by atoms with Crippen LogP contribution in [0, 0.1) is 0 Å². The molecule has 1 atom stereocenters. The van der Waals surface area contributed by atoms with E-state index in [2.05, 4.69) is 15.2 Å². The Morgan fingerprint density at radius 1 is 1.24 bits per heavy atom. The Morgan fingerprint density at radius 3 is 2.60 bits per heavy atom. The monoisotopic (exact) mass is 341 g/mol. The van der Waals surface area contributed by atoms with Crippen molar-refractivity contribution in [2.75, 3.05) is 32.8 Å². The topological polar surface area (TPSA) is 74.4 Å². The van der Waals surface area contributed by atoms with E-state index in [1.807, 2.05) is 30.3 Å². The van der Waals surface area contributed by atoms with E-state index in [1.54, 1.807) is 12.3 Å². The second kappa shape index (κ2) is 8.09. The van der Waals surface area contributed by atoms with Gasteiger partial charge in [0.25, 0.3) is 5.91 Å². The van der Waals surface area contributed by atoms with Crippen molar-refractivity contribution in [1.82, 2.24) is 15.2 Å². The van der Waals surface area contributed by atoms with E-state index in [9.17, 15) is 9.59 Å². The van der Waals surface area contributed by atoms with Gasteiger partial charge in [-0.2, -0.15) is 0 Å². The lowest BCUT2D eigenvalue weighted by Crippen LogP contribution is -2.43. The van der Waals surface area contributed by atoms with Gasteiger partial charge in [-0.15, -0.1) is 0 Å². The van der Waals surface area contributed by atoms with Crippen LogP contribution in [0.5, 0.6) is 0 Å². The normalized spacial score (nSPS) is 16.4. The molecular weight excluding hydrogens is 318 g/mol. The number of Topliss-reactive ketones (excluding diaryl/α,β-unsaturated/α-hetero) is 1. The van der Waals surface area contributed by atoms with Gasteiger partial charge >= 0.3 is 0 Å². The van der Waals surface area contributed by atoms with Crippen molar-refractivity contribution in [3.63, 3.8) is 0 Å². The quantitative estimate of drug-likeness (QED) is 0.789. The minimum atomic E-state index is -0.213. The number of amides is 1. The summed E-state index contributed by atoms with van der Waals surface area (Å²) in [7, 11) is 0. The Kier molecular flexibility index (Phi) is 5.63. The van der Waals surface area contributed by atoms with E-state index in [0.29, 0.717) is 24.5 Å². The SMILES string of the molecule is CC(=O)c1c[nH]c(C(=O)N[C@@H](CN2CCOCC2)c2ccccc2)c1. The fourth-order valence-corrected chi connectivity index (χ4v) is 2.93. The van der Waals surface area contributed by atoms with Gasteiger partial charge in [-0.05, 0) is 18.6 Å².